The van der Waals surface area contributed by atoms with Crippen LogP contribution >= 0.6 is 11.3 Å². The molecule has 3 N–H and O–H groups in total. The first-order valence-corrected chi connectivity index (χ1v) is 6.90. The van der Waals surface area contributed by atoms with E-state index in [9.17, 15) is 13.6 Å². The lowest BCUT2D eigenvalue weighted by atomic mass is 10.3. The number of nitrogens with one attached hydrogen (secondary N) is 1. The first kappa shape index (κ1) is 13.4. The van der Waals surface area contributed by atoms with Gasteiger partial charge in [-0.3, -0.25) is 14.2 Å². The quantitative estimate of drug-likeness (QED) is 0.641. The molecule has 0 amide bonds. The molecule has 1 aliphatic heterocycles. The fraction of sp³-hybridized carbons (Fsp3) is 0.500. The van der Waals surface area contributed by atoms with E-state index in [-0.39, 0.29) is 23.3 Å². The standard InChI is InChI=1S/C8H11N3O5S2/c12-8(13)6-7(17-4-10-6)11(18(14)15)1-5-2-16-3-9-5/h4-5,9H,1-3H2,(H,12,13)(H,14,15). The molecule has 2 heterocycles. The van der Waals surface area contributed by atoms with Crippen molar-refractivity contribution < 1.29 is 23.4 Å². The van der Waals surface area contributed by atoms with Gasteiger partial charge >= 0.3 is 5.97 Å². The van der Waals surface area contributed by atoms with Crippen molar-refractivity contribution in [1.29, 1.82) is 0 Å². The molecule has 1 aromatic rings. The Hall–Kier alpha value is -1.07. The molecule has 2 unspecified atom stereocenters. The summed E-state index contributed by atoms with van der Waals surface area (Å²) in [4.78, 5) is 14.6. The number of aromatic carboxylic acids is 1. The van der Waals surface area contributed by atoms with Crippen LogP contribution in [-0.4, -0.2) is 50.7 Å². The number of thiazole rings is 1. The van der Waals surface area contributed by atoms with Crippen molar-refractivity contribution >= 4 is 33.6 Å². The van der Waals surface area contributed by atoms with Crippen LogP contribution in [0.3, 0.4) is 0 Å². The van der Waals surface area contributed by atoms with Crippen molar-refractivity contribution in [1.82, 2.24) is 10.3 Å². The average molecular weight is 293 g/mol. The second-order valence-electron chi connectivity index (χ2n) is 3.52. The fourth-order valence-electron chi connectivity index (χ4n) is 1.54. The summed E-state index contributed by atoms with van der Waals surface area (Å²) in [7, 11) is 0. The van der Waals surface area contributed by atoms with Crippen LogP contribution in [-0.2, 0) is 16.0 Å². The summed E-state index contributed by atoms with van der Waals surface area (Å²) in [6.07, 6.45) is 0. The molecule has 2 atom stereocenters. The molecule has 0 aromatic carbocycles. The maximum atomic E-state index is 11.3. The molecule has 2 rings (SSSR count). The van der Waals surface area contributed by atoms with Gasteiger partial charge in [-0.25, -0.2) is 14.0 Å². The molecule has 1 aromatic heterocycles. The Morgan fingerprint density at radius 1 is 1.78 bits per heavy atom. The maximum Gasteiger partial charge on any atom is 0.357 e. The monoisotopic (exact) mass is 293 g/mol. The number of anilines is 1. The number of nitrogens with zero attached hydrogens (tertiary/aromatic N) is 2. The number of hydrogen-bond acceptors (Lipinski definition) is 6. The molecule has 8 nitrogen and oxygen atoms in total. The van der Waals surface area contributed by atoms with E-state index in [0.29, 0.717) is 13.3 Å². The summed E-state index contributed by atoms with van der Waals surface area (Å²) in [6.45, 7) is 0.964. The molecule has 0 spiro atoms. The Kier molecular flexibility index (Phi) is 4.24. The molecule has 100 valence electrons. The number of rotatable bonds is 5. The molecule has 10 heteroatoms. The van der Waals surface area contributed by atoms with Gasteiger partial charge in [-0.15, -0.1) is 11.3 Å². The largest absolute Gasteiger partial charge is 0.476 e. The number of carbonyl (C=O) groups is 1. The van der Waals surface area contributed by atoms with E-state index in [2.05, 4.69) is 10.3 Å². The maximum absolute atomic E-state index is 11.3. The predicted molar refractivity (Wildman–Crippen MR) is 64.9 cm³/mol. The SMILES string of the molecule is O=C(O)c1ncsc1N(CC1COCN1)S(=O)O. The molecule has 0 radical (unpaired) electrons. The zero-order chi connectivity index (χ0) is 13.1. The number of hydrogen-bond donors (Lipinski definition) is 3. The molecule has 18 heavy (non-hydrogen) atoms. The average Bonchev–Trinajstić information content (AvgIpc) is 2.96. The van der Waals surface area contributed by atoms with E-state index in [0.717, 1.165) is 15.6 Å². The minimum absolute atomic E-state index is 0.121. The first-order chi connectivity index (χ1) is 8.59. The van der Waals surface area contributed by atoms with Crippen molar-refractivity contribution in [3.05, 3.63) is 11.2 Å². The number of aromatic nitrogens is 1. The highest BCUT2D eigenvalue weighted by atomic mass is 32.2. The summed E-state index contributed by atoms with van der Waals surface area (Å²) in [5, 5.41) is 12.1. The Balaban J connectivity index is 2.20. The fourth-order valence-corrected chi connectivity index (χ4v) is 3.09. The molecule has 0 aliphatic carbocycles. The lowest BCUT2D eigenvalue weighted by Crippen LogP contribution is -2.40. The third-order valence-corrected chi connectivity index (χ3v) is 4.02. The minimum Gasteiger partial charge on any atom is -0.476 e. The number of ether oxygens (including phenoxy) is 1. The molecule has 1 saturated heterocycles. The first-order valence-electron chi connectivity index (χ1n) is 4.96. The number of carboxylic acids is 1. The van der Waals surface area contributed by atoms with Gasteiger partial charge in [0.2, 0.25) is 0 Å². The summed E-state index contributed by atoms with van der Waals surface area (Å²) < 4.78 is 26.8. The molecular formula is C8H11N3O5S2. The topological polar surface area (TPSA) is 112 Å². The van der Waals surface area contributed by atoms with Crippen LogP contribution in [0.25, 0.3) is 0 Å². The lowest BCUT2D eigenvalue weighted by molar-refractivity contribution is 0.0692. The minimum atomic E-state index is -2.31. The van der Waals surface area contributed by atoms with E-state index in [1.165, 1.54) is 5.51 Å². The van der Waals surface area contributed by atoms with E-state index in [1.54, 1.807) is 0 Å². The van der Waals surface area contributed by atoms with E-state index in [1.807, 2.05) is 0 Å². The third-order valence-electron chi connectivity index (χ3n) is 2.35. The van der Waals surface area contributed by atoms with E-state index >= 15 is 0 Å². The second-order valence-corrected chi connectivity index (χ2v) is 5.25. The van der Waals surface area contributed by atoms with Gasteiger partial charge in [0, 0.05) is 0 Å². The summed E-state index contributed by atoms with van der Waals surface area (Å²) >= 11 is -1.30. The van der Waals surface area contributed by atoms with Crippen LogP contribution in [0.15, 0.2) is 5.51 Å². The summed E-state index contributed by atoms with van der Waals surface area (Å²) in [5.41, 5.74) is 1.11. The highest BCUT2D eigenvalue weighted by molar-refractivity contribution is 7.81. The van der Waals surface area contributed by atoms with Crippen molar-refractivity contribution in [3.63, 3.8) is 0 Å². The van der Waals surface area contributed by atoms with Crippen LogP contribution in [0.5, 0.6) is 0 Å². The van der Waals surface area contributed by atoms with Gasteiger partial charge in [-0.05, 0) is 0 Å². The molecule has 0 bridgehead atoms. The lowest BCUT2D eigenvalue weighted by Gasteiger charge is -2.21. The van der Waals surface area contributed by atoms with Gasteiger partial charge in [-0.2, -0.15) is 0 Å². The van der Waals surface area contributed by atoms with Crippen LogP contribution in [0.1, 0.15) is 10.5 Å². The zero-order valence-electron chi connectivity index (χ0n) is 9.11. The van der Waals surface area contributed by atoms with Crippen molar-refractivity contribution in [2.75, 3.05) is 24.2 Å². The molecule has 0 saturated carbocycles. The van der Waals surface area contributed by atoms with Crippen LogP contribution in [0, 0.1) is 0 Å². The molecular weight excluding hydrogens is 282 g/mol. The van der Waals surface area contributed by atoms with Crippen LogP contribution < -0.4 is 9.62 Å². The Bertz CT molecular complexity index is 459. The van der Waals surface area contributed by atoms with Gasteiger partial charge in [-0.1, -0.05) is 0 Å². The van der Waals surface area contributed by atoms with Gasteiger partial charge in [0.1, 0.15) is 5.00 Å². The Morgan fingerprint density at radius 3 is 3.11 bits per heavy atom. The second kappa shape index (κ2) is 5.71. The Morgan fingerprint density at radius 2 is 2.56 bits per heavy atom. The van der Waals surface area contributed by atoms with Gasteiger partial charge in [0.05, 0.1) is 31.4 Å². The van der Waals surface area contributed by atoms with Crippen LogP contribution in [0.2, 0.25) is 0 Å². The van der Waals surface area contributed by atoms with Crippen molar-refractivity contribution in [2.24, 2.45) is 0 Å². The predicted octanol–water partition coefficient (Wildman–Crippen LogP) is -0.270. The van der Waals surface area contributed by atoms with Crippen molar-refractivity contribution in [2.45, 2.75) is 6.04 Å². The van der Waals surface area contributed by atoms with E-state index in [4.69, 9.17) is 9.84 Å². The number of carboxylic acid groups (broad SMARTS) is 1. The highest BCUT2D eigenvalue weighted by Crippen LogP contribution is 2.26. The third kappa shape index (κ3) is 2.84. The van der Waals surface area contributed by atoms with Gasteiger partial charge in [0.25, 0.3) is 11.3 Å². The molecule has 1 fully saturated rings. The zero-order valence-corrected chi connectivity index (χ0v) is 10.7. The van der Waals surface area contributed by atoms with E-state index < -0.39 is 17.2 Å². The normalized spacial score (nSPS) is 20.8. The highest BCUT2D eigenvalue weighted by Gasteiger charge is 2.27. The van der Waals surface area contributed by atoms with Gasteiger partial charge < -0.3 is 9.84 Å². The summed E-state index contributed by atoms with van der Waals surface area (Å²) in [6, 6.07) is -0.121. The smallest absolute Gasteiger partial charge is 0.357 e. The Labute approximate surface area is 109 Å². The molecule has 1 aliphatic rings. The van der Waals surface area contributed by atoms with Gasteiger partial charge in [0.15, 0.2) is 5.69 Å². The van der Waals surface area contributed by atoms with Crippen LogP contribution in [0.4, 0.5) is 5.00 Å². The summed E-state index contributed by atoms with van der Waals surface area (Å²) in [5.74, 6) is -1.22. The van der Waals surface area contributed by atoms with Crippen molar-refractivity contribution in [3.8, 4) is 0 Å².